The number of hydrogen-bond acceptors (Lipinski definition) is 4. The molecule has 0 atom stereocenters. The van der Waals surface area contributed by atoms with Crippen LogP contribution in [0, 0.1) is 22.0 Å². The van der Waals surface area contributed by atoms with E-state index in [4.69, 9.17) is 0 Å². The van der Waals surface area contributed by atoms with Gasteiger partial charge in [0.2, 0.25) is 0 Å². The Morgan fingerprint density at radius 2 is 2.00 bits per heavy atom. The highest BCUT2D eigenvalue weighted by molar-refractivity contribution is 5.64. The van der Waals surface area contributed by atoms with Crippen molar-refractivity contribution in [3.8, 4) is 0 Å². The van der Waals surface area contributed by atoms with Crippen LogP contribution in [0.15, 0.2) is 18.2 Å². The van der Waals surface area contributed by atoms with Crippen molar-refractivity contribution in [1.29, 1.82) is 0 Å². The van der Waals surface area contributed by atoms with Gasteiger partial charge < -0.3 is 10.2 Å². The maximum atomic E-state index is 11.1. The van der Waals surface area contributed by atoms with Crippen LogP contribution in [0.5, 0.6) is 0 Å². The van der Waals surface area contributed by atoms with Crippen LogP contribution in [-0.4, -0.2) is 24.6 Å². The zero-order valence-corrected chi connectivity index (χ0v) is 13.1. The number of nitrogens with one attached hydrogen (secondary N) is 1. The standard InChI is InChI=1S/C16H25N3O2/c1-4-17-14-9-15(11-16(10-14)19(20)21)18-7-5-13(6-8-18)12(2)3/h9-13,17H,4-8H2,1-3H3. The van der Waals surface area contributed by atoms with Gasteiger partial charge in [0.1, 0.15) is 0 Å². The Labute approximate surface area is 126 Å². The van der Waals surface area contributed by atoms with Gasteiger partial charge in [0.15, 0.2) is 0 Å². The van der Waals surface area contributed by atoms with Gasteiger partial charge in [-0.1, -0.05) is 13.8 Å². The Bertz CT molecular complexity index is 494. The van der Waals surface area contributed by atoms with Gasteiger partial charge in [-0.05, 0) is 37.7 Å². The Hall–Kier alpha value is -1.78. The fourth-order valence-electron chi connectivity index (χ4n) is 3.01. The van der Waals surface area contributed by atoms with Crippen molar-refractivity contribution >= 4 is 17.1 Å². The minimum atomic E-state index is -0.314. The molecule has 5 heteroatoms. The average Bonchev–Trinajstić information content (AvgIpc) is 2.47. The predicted octanol–water partition coefficient (Wildman–Crippen LogP) is 3.90. The van der Waals surface area contributed by atoms with E-state index in [-0.39, 0.29) is 10.6 Å². The Morgan fingerprint density at radius 1 is 1.33 bits per heavy atom. The van der Waals surface area contributed by atoms with Crippen molar-refractivity contribution in [3.05, 3.63) is 28.3 Å². The first kappa shape index (κ1) is 15.6. The van der Waals surface area contributed by atoms with Gasteiger partial charge in [0.25, 0.3) is 5.69 Å². The number of hydrogen-bond donors (Lipinski definition) is 1. The van der Waals surface area contributed by atoms with Crippen LogP contribution in [0.1, 0.15) is 33.6 Å². The summed E-state index contributed by atoms with van der Waals surface area (Å²) < 4.78 is 0. The van der Waals surface area contributed by atoms with E-state index in [0.29, 0.717) is 0 Å². The molecule has 0 aromatic heterocycles. The summed E-state index contributed by atoms with van der Waals surface area (Å²) in [6.45, 7) is 9.27. The summed E-state index contributed by atoms with van der Waals surface area (Å²) in [5.74, 6) is 1.49. The number of nitro benzene ring substituents is 1. The summed E-state index contributed by atoms with van der Waals surface area (Å²) in [6, 6.07) is 5.32. The molecule has 0 saturated carbocycles. The van der Waals surface area contributed by atoms with Crippen molar-refractivity contribution in [2.24, 2.45) is 11.8 Å². The molecule has 1 aliphatic heterocycles. The summed E-state index contributed by atoms with van der Waals surface area (Å²) in [5.41, 5.74) is 1.95. The minimum Gasteiger partial charge on any atom is -0.385 e. The minimum absolute atomic E-state index is 0.162. The Balaban J connectivity index is 2.17. The second-order valence-electron chi connectivity index (χ2n) is 6.09. The van der Waals surface area contributed by atoms with E-state index in [1.807, 2.05) is 13.0 Å². The predicted molar refractivity (Wildman–Crippen MR) is 87.0 cm³/mol. The number of benzene rings is 1. The molecule has 2 rings (SSSR count). The molecule has 5 nitrogen and oxygen atoms in total. The molecule has 0 unspecified atom stereocenters. The van der Waals surface area contributed by atoms with Crippen molar-refractivity contribution in [2.45, 2.75) is 33.6 Å². The SMILES string of the molecule is CCNc1cc(N2CCC(C(C)C)CC2)cc([N+](=O)[O-])c1. The maximum Gasteiger partial charge on any atom is 0.273 e. The molecule has 1 aliphatic rings. The third-order valence-corrected chi connectivity index (χ3v) is 4.34. The molecule has 1 saturated heterocycles. The number of non-ortho nitro benzene ring substituents is 1. The fraction of sp³-hybridized carbons (Fsp3) is 0.625. The third-order valence-electron chi connectivity index (χ3n) is 4.34. The average molecular weight is 291 g/mol. The van der Waals surface area contributed by atoms with Crippen molar-refractivity contribution < 1.29 is 4.92 Å². The van der Waals surface area contributed by atoms with Crippen LogP contribution in [0.4, 0.5) is 17.1 Å². The normalized spacial score (nSPS) is 16.3. The zero-order valence-electron chi connectivity index (χ0n) is 13.1. The van der Waals surface area contributed by atoms with E-state index in [9.17, 15) is 10.1 Å². The van der Waals surface area contributed by atoms with E-state index in [2.05, 4.69) is 24.1 Å². The molecule has 0 spiro atoms. The Kier molecular flexibility index (Phi) is 5.04. The number of rotatable bonds is 5. The summed E-state index contributed by atoms with van der Waals surface area (Å²) in [5, 5.41) is 14.3. The number of piperidine rings is 1. The monoisotopic (exact) mass is 291 g/mol. The van der Waals surface area contributed by atoms with E-state index in [1.165, 1.54) is 0 Å². The highest BCUT2D eigenvalue weighted by atomic mass is 16.6. The molecule has 0 aliphatic carbocycles. The van der Waals surface area contributed by atoms with Crippen LogP contribution >= 0.6 is 0 Å². The third kappa shape index (κ3) is 3.86. The molecule has 0 amide bonds. The largest absolute Gasteiger partial charge is 0.385 e. The molecule has 1 N–H and O–H groups in total. The first-order valence-corrected chi connectivity index (χ1v) is 7.79. The van der Waals surface area contributed by atoms with Gasteiger partial charge in [-0.15, -0.1) is 0 Å². The lowest BCUT2D eigenvalue weighted by Crippen LogP contribution is -2.35. The van der Waals surface area contributed by atoms with Gasteiger partial charge in [-0.2, -0.15) is 0 Å². The van der Waals surface area contributed by atoms with Crippen LogP contribution in [0.3, 0.4) is 0 Å². The van der Waals surface area contributed by atoms with Gasteiger partial charge in [-0.3, -0.25) is 10.1 Å². The van der Waals surface area contributed by atoms with Crippen LogP contribution < -0.4 is 10.2 Å². The highest BCUT2D eigenvalue weighted by Gasteiger charge is 2.23. The summed E-state index contributed by atoms with van der Waals surface area (Å²) >= 11 is 0. The van der Waals surface area contributed by atoms with Crippen molar-refractivity contribution in [1.82, 2.24) is 0 Å². The second-order valence-corrected chi connectivity index (χ2v) is 6.09. The van der Waals surface area contributed by atoms with Crippen molar-refractivity contribution in [2.75, 3.05) is 29.9 Å². The van der Waals surface area contributed by atoms with E-state index in [0.717, 1.165) is 55.7 Å². The number of nitrogens with zero attached hydrogens (tertiary/aromatic N) is 2. The lowest BCUT2D eigenvalue weighted by Gasteiger charge is -2.35. The zero-order chi connectivity index (χ0) is 15.4. The molecule has 0 bridgehead atoms. The second kappa shape index (κ2) is 6.78. The maximum absolute atomic E-state index is 11.1. The van der Waals surface area contributed by atoms with E-state index < -0.39 is 0 Å². The number of nitro groups is 1. The lowest BCUT2D eigenvalue weighted by atomic mass is 9.86. The summed E-state index contributed by atoms with van der Waals surface area (Å²) in [4.78, 5) is 13.0. The van der Waals surface area contributed by atoms with Crippen molar-refractivity contribution in [3.63, 3.8) is 0 Å². The molecule has 21 heavy (non-hydrogen) atoms. The fourth-order valence-corrected chi connectivity index (χ4v) is 3.01. The molecule has 1 aromatic carbocycles. The van der Waals surface area contributed by atoms with Gasteiger partial charge >= 0.3 is 0 Å². The van der Waals surface area contributed by atoms with Gasteiger partial charge in [0.05, 0.1) is 4.92 Å². The van der Waals surface area contributed by atoms with Crippen LogP contribution in [0.2, 0.25) is 0 Å². The molecular formula is C16H25N3O2. The topological polar surface area (TPSA) is 58.4 Å². The smallest absolute Gasteiger partial charge is 0.273 e. The van der Waals surface area contributed by atoms with Gasteiger partial charge in [-0.25, -0.2) is 0 Å². The molecule has 0 radical (unpaired) electrons. The Morgan fingerprint density at radius 3 is 2.52 bits per heavy atom. The highest BCUT2D eigenvalue weighted by Crippen LogP contribution is 2.31. The molecule has 1 aromatic rings. The summed E-state index contributed by atoms with van der Waals surface area (Å²) in [7, 11) is 0. The first-order valence-electron chi connectivity index (χ1n) is 7.79. The lowest BCUT2D eigenvalue weighted by molar-refractivity contribution is -0.384. The van der Waals surface area contributed by atoms with Crippen LogP contribution in [0.25, 0.3) is 0 Å². The molecular weight excluding hydrogens is 266 g/mol. The molecule has 1 heterocycles. The number of anilines is 2. The van der Waals surface area contributed by atoms with E-state index in [1.54, 1.807) is 12.1 Å². The first-order chi connectivity index (χ1) is 10.0. The molecule has 1 fully saturated rings. The van der Waals surface area contributed by atoms with E-state index >= 15 is 0 Å². The van der Waals surface area contributed by atoms with Gasteiger partial charge in [0, 0.05) is 43.1 Å². The van der Waals surface area contributed by atoms with Crippen LogP contribution in [-0.2, 0) is 0 Å². The summed E-state index contributed by atoms with van der Waals surface area (Å²) in [6.07, 6.45) is 2.33. The quantitative estimate of drug-likeness (QED) is 0.660. The molecule has 116 valence electrons.